The van der Waals surface area contributed by atoms with E-state index in [4.69, 9.17) is 9.47 Å². The van der Waals surface area contributed by atoms with E-state index >= 15 is 0 Å². The summed E-state index contributed by atoms with van der Waals surface area (Å²) in [6.07, 6.45) is -1.04. The van der Waals surface area contributed by atoms with Gasteiger partial charge in [0.1, 0.15) is 5.75 Å². The predicted molar refractivity (Wildman–Crippen MR) is 103 cm³/mol. The van der Waals surface area contributed by atoms with E-state index in [1.54, 1.807) is 0 Å². The molecule has 1 amide bonds. The topological polar surface area (TPSA) is 108 Å². The van der Waals surface area contributed by atoms with Crippen LogP contribution >= 0.6 is 0 Å². The molecule has 0 aliphatic heterocycles. The second-order valence-corrected chi connectivity index (χ2v) is 6.36. The molecule has 0 aliphatic rings. The fourth-order valence-electron chi connectivity index (χ4n) is 2.51. The highest BCUT2D eigenvalue weighted by atomic mass is 16.6. The van der Waals surface area contributed by atoms with Gasteiger partial charge in [-0.25, -0.2) is 0 Å². The average molecular weight is 386 g/mol. The maximum atomic E-state index is 12.3. The third-order valence-electron chi connectivity index (χ3n) is 4.25. The first-order valence-electron chi connectivity index (χ1n) is 8.60. The smallest absolute Gasteiger partial charge is 0.311 e. The minimum atomic E-state index is -1.08. The Morgan fingerprint density at radius 2 is 1.86 bits per heavy atom. The summed E-state index contributed by atoms with van der Waals surface area (Å²) in [6.45, 7) is 5.36. The zero-order valence-corrected chi connectivity index (χ0v) is 16.1. The number of non-ortho nitro benzene ring substituents is 1. The lowest BCUT2D eigenvalue weighted by Crippen LogP contribution is -2.30. The summed E-state index contributed by atoms with van der Waals surface area (Å²) >= 11 is 0. The average Bonchev–Trinajstić information content (AvgIpc) is 2.64. The maximum absolute atomic E-state index is 12.3. The lowest BCUT2D eigenvalue weighted by molar-refractivity contribution is -0.384. The van der Waals surface area contributed by atoms with Gasteiger partial charge < -0.3 is 14.8 Å². The summed E-state index contributed by atoms with van der Waals surface area (Å²) in [5.74, 6) is -0.906. The van der Waals surface area contributed by atoms with Gasteiger partial charge in [-0.2, -0.15) is 0 Å². The molecule has 2 aromatic rings. The lowest BCUT2D eigenvalue weighted by atomic mass is 10.0. The summed E-state index contributed by atoms with van der Waals surface area (Å²) in [5.41, 5.74) is 2.90. The van der Waals surface area contributed by atoms with Crippen molar-refractivity contribution in [2.75, 3.05) is 12.4 Å². The van der Waals surface area contributed by atoms with Crippen LogP contribution in [0.5, 0.6) is 5.75 Å². The maximum Gasteiger partial charge on any atom is 0.311 e. The molecule has 0 radical (unpaired) electrons. The van der Waals surface area contributed by atoms with Crippen LogP contribution in [0.25, 0.3) is 0 Å². The molecular formula is C20H22N2O6. The molecule has 0 saturated carbocycles. The Morgan fingerprint density at radius 1 is 1.14 bits per heavy atom. The Hall–Kier alpha value is -3.42. The normalized spacial score (nSPS) is 11.4. The SMILES string of the molecule is COc1ccc([N+](=O)[O-])cc1NC(=O)[C@H](C)OC(=O)Cc1ccc(C)c(C)c1. The molecule has 0 unspecified atom stereocenters. The number of nitro groups is 1. The van der Waals surface area contributed by atoms with Gasteiger partial charge in [0.15, 0.2) is 6.10 Å². The van der Waals surface area contributed by atoms with Crippen molar-refractivity contribution in [1.29, 1.82) is 0 Å². The van der Waals surface area contributed by atoms with E-state index in [-0.39, 0.29) is 23.5 Å². The van der Waals surface area contributed by atoms with Gasteiger partial charge in [0.05, 0.1) is 24.1 Å². The Balaban J connectivity index is 2.02. The second-order valence-electron chi connectivity index (χ2n) is 6.36. The number of amides is 1. The van der Waals surface area contributed by atoms with Crippen LogP contribution in [0.2, 0.25) is 0 Å². The highest BCUT2D eigenvalue weighted by molar-refractivity contribution is 5.96. The molecule has 1 atom stereocenters. The number of nitrogens with zero attached hydrogens (tertiary/aromatic N) is 1. The molecule has 2 rings (SSSR count). The zero-order chi connectivity index (χ0) is 20.8. The second kappa shape index (κ2) is 8.98. The number of nitro benzene ring substituents is 1. The van der Waals surface area contributed by atoms with Crippen molar-refractivity contribution in [2.24, 2.45) is 0 Å². The molecule has 0 bridgehead atoms. The Bertz CT molecular complexity index is 910. The monoisotopic (exact) mass is 386 g/mol. The fourth-order valence-corrected chi connectivity index (χ4v) is 2.51. The number of anilines is 1. The van der Waals surface area contributed by atoms with Crippen LogP contribution in [-0.2, 0) is 20.7 Å². The van der Waals surface area contributed by atoms with E-state index in [0.29, 0.717) is 0 Å². The van der Waals surface area contributed by atoms with Crippen LogP contribution in [0.1, 0.15) is 23.6 Å². The van der Waals surface area contributed by atoms with Gasteiger partial charge in [-0.3, -0.25) is 19.7 Å². The van der Waals surface area contributed by atoms with Gasteiger partial charge in [-0.1, -0.05) is 18.2 Å². The van der Waals surface area contributed by atoms with Crippen molar-refractivity contribution in [1.82, 2.24) is 0 Å². The number of benzene rings is 2. The number of rotatable bonds is 7. The molecule has 0 spiro atoms. The van der Waals surface area contributed by atoms with Crippen molar-refractivity contribution in [3.05, 3.63) is 63.2 Å². The highest BCUT2D eigenvalue weighted by Gasteiger charge is 2.21. The molecule has 0 heterocycles. The molecule has 0 fully saturated rings. The first-order valence-corrected chi connectivity index (χ1v) is 8.60. The van der Waals surface area contributed by atoms with E-state index in [2.05, 4.69) is 5.32 Å². The van der Waals surface area contributed by atoms with Crippen molar-refractivity contribution in [3.8, 4) is 5.75 Å². The molecular weight excluding hydrogens is 364 g/mol. The quantitative estimate of drug-likeness (QED) is 0.444. The van der Waals surface area contributed by atoms with Crippen LogP contribution in [0, 0.1) is 24.0 Å². The van der Waals surface area contributed by atoms with Gasteiger partial charge in [-0.15, -0.1) is 0 Å². The van der Waals surface area contributed by atoms with Crippen LogP contribution in [0.4, 0.5) is 11.4 Å². The number of carbonyl (C=O) groups excluding carboxylic acids is 2. The van der Waals surface area contributed by atoms with Crippen molar-refractivity contribution >= 4 is 23.3 Å². The number of hydrogen-bond donors (Lipinski definition) is 1. The molecule has 148 valence electrons. The molecule has 8 nitrogen and oxygen atoms in total. The van der Waals surface area contributed by atoms with Crippen LogP contribution in [0.3, 0.4) is 0 Å². The number of esters is 1. The van der Waals surface area contributed by atoms with E-state index in [1.165, 1.54) is 32.2 Å². The Kier molecular flexibility index (Phi) is 6.70. The number of aryl methyl sites for hydroxylation is 2. The molecule has 1 N–H and O–H groups in total. The molecule has 8 heteroatoms. The minimum absolute atomic E-state index is 0.0405. The van der Waals surface area contributed by atoms with Crippen molar-refractivity contribution < 1.29 is 24.0 Å². The van der Waals surface area contributed by atoms with Crippen LogP contribution in [-0.4, -0.2) is 30.0 Å². The van der Waals surface area contributed by atoms with E-state index in [9.17, 15) is 19.7 Å². The van der Waals surface area contributed by atoms with Gasteiger partial charge in [0, 0.05) is 12.1 Å². The van der Waals surface area contributed by atoms with Gasteiger partial charge in [-0.05, 0) is 43.5 Å². The van der Waals surface area contributed by atoms with Crippen LogP contribution in [0.15, 0.2) is 36.4 Å². The summed E-state index contributed by atoms with van der Waals surface area (Å²) in [7, 11) is 1.38. The largest absolute Gasteiger partial charge is 0.495 e. The number of carbonyl (C=O) groups is 2. The number of ether oxygens (including phenoxy) is 2. The lowest BCUT2D eigenvalue weighted by Gasteiger charge is -2.15. The molecule has 28 heavy (non-hydrogen) atoms. The zero-order valence-electron chi connectivity index (χ0n) is 16.1. The summed E-state index contributed by atoms with van der Waals surface area (Å²) in [5, 5.41) is 13.4. The van der Waals surface area contributed by atoms with E-state index < -0.39 is 22.9 Å². The molecule has 0 aromatic heterocycles. The predicted octanol–water partition coefficient (Wildman–Crippen LogP) is 3.33. The first kappa shape index (κ1) is 20.9. The molecule has 0 saturated heterocycles. The molecule has 0 aliphatic carbocycles. The Morgan fingerprint density at radius 3 is 2.46 bits per heavy atom. The van der Waals surface area contributed by atoms with Crippen molar-refractivity contribution in [2.45, 2.75) is 33.3 Å². The number of nitrogens with one attached hydrogen (secondary N) is 1. The highest BCUT2D eigenvalue weighted by Crippen LogP contribution is 2.29. The summed E-state index contributed by atoms with van der Waals surface area (Å²) in [4.78, 5) is 34.8. The third-order valence-corrected chi connectivity index (χ3v) is 4.25. The number of hydrogen-bond acceptors (Lipinski definition) is 6. The minimum Gasteiger partial charge on any atom is -0.495 e. The van der Waals surface area contributed by atoms with E-state index in [1.807, 2.05) is 32.0 Å². The first-order chi connectivity index (χ1) is 13.2. The third kappa shape index (κ3) is 5.29. The Labute approximate surface area is 162 Å². The summed E-state index contributed by atoms with van der Waals surface area (Å²) < 4.78 is 10.3. The number of methoxy groups -OCH3 is 1. The summed E-state index contributed by atoms with van der Waals surface area (Å²) in [6, 6.07) is 9.48. The van der Waals surface area contributed by atoms with Crippen molar-refractivity contribution in [3.63, 3.8) is 0 Å². The fraction of sp³-hybridized carbons (Fsp3) is 0.300. The van der Waals surface area contributed by atoms with Gasteiger partial charge in [0.2, 0.25) is 0 Å². The van der Waals surface area contributed by atoms with Gasteiger partial charge >= 0.3 is 5.97 Å². The standard InChI is InChI=1S/C20H22N2O6/c1-12-5-6-15(9-13(12)2)10-19(23)28-14(3)20(24)21-17-11-16(22(25)26)7-8-18(17)27-4/h5-9,11,14H,10H2,1-4H3,(H,21,24)/t14-/m0/s1. The molecule has 2 aromatic carbocycles. The van der Waals surface area contributed by atoms with E-state index in [0.717, 1.165) is 16.7 Å². The van der Waals surface area contributed by atoms with Crippen LogP contribution < -0.4 is 10.1 Å². The van der Waals surface area contributed by atoms with Gasteiger partial charge in [0.25, 0.3) is 11.6 Å².